The van der Waals surface area contributed by atoms with Crippen LogP contribution < -0.4 is 5.32 Å². The molecule has 1 atom stereocenters. The molecule has 0 saturated carbocycles. The van der Waals surface area contributed by atoms with E-state index in [9.17, 15) is 4.79 Å². The van der Waals surface area contributed by atoms with Crippen LogP contribution in [0.1, 0.15) is 19.3 Å². The second kappa shape index (κ2) is 6.58. The van der Waals surface area contributed by atoms with Crippen molar-refractivity contribution in [3.05, 3.63) is 12.7 Å². The Kier molecular flexibility index (Phi) is 5.36. The zero-order chi connectivity index (χ0) is 11.1. The Balaban J connectivity index is 2.40. The highest BCUT2D eigenvalue weighted by molar-refractivity contribution is 5.77. The minimum atomic E-state index is 0.0234. The molecule has 15 heavy (non-hydrogen) atoms. The highest BCUT2D eigenvalue weighted by Crippen LogP contribution is 2.07. The lowest BCUT2D eigenvalue weighted by Crippen LogP contribution is -2.42. The lowest BCUT2D eigenvalue weighted by molar-refractivity contribution is -0.131. The molecule has 1 heterocycles. The molecule has 0 aromatic carbocycles. The molecule has 1 aliphatic rings. The van der Waals surface area contributed by atoms with Gasteiger partial charge >= 0.3 is 0 Å². The van der Waals surface area contributed by atoms with E-state index in [1.807, 2.05) is 0 Å². The first-order valence-corrected chi connectivity index (χ1v) is 5.51. The van der Waals surface area contributed by atoms with Gasteiger partial charge in [0.05, 0.1) is 6.61 Å². The van der Waals surface area contributed by atoms with Crippen molar-refractivity contribution < 1.29 is 9.90 Å². The van der Waals surface area contributed by atoms with Gasteiger partial charge in [-0.15, -0.1) is 6.58 Å². The summed E-state index contributed by atoms with van der Waals surface area (Å²) in [6.45, 7) is 5.73. The fourth-order valence-corrected chi connectivity index (χ4v) is 1.87. The summed E-state index contributed by atoms with van der Waals surface area (Å²) in [4.78, 5) is 13.3. The van der Waals surface area contributed by atoms with Crippen LogP contribution in [0, 0.1) is 0 Å². The fraction of sp³-hybridized carbons (Fsp3) is 0.727. The average molecular weight is 212 g/mol. The standard InChI is InChI=1S/C11H20N2O2/c1-2-4-11(15)13(7-8-14)9-10-5-3-6-12-10/h2,10,12,14H,1,3-9H2. The molecule has 1 fully saturated rings. The molecular weight excluding hydrogens is 192 g/mol. The third kappa shape index (κ3) is 4.01. The molecule has 4 heteroatoms. The zero-order valence-electron chi connectivity index (χ0n) is 9.11. The minimum absolute atomic E-state index is 0.0234. The van der Waals surface area contributed by atoms with Gasteiger partial charge in [0, 0.05) is 25.6 Å². The van der Waals surface area contributed by atoms with E-state index >= 15 is 0 Å². The summed E-state index contributed by atoms with van der Waals surface area (Å²) >= 11 is 0. The Morgan fingerprint density at radius 1 is 1.67 bits per heavy atom. The largest absolute Gasteiger partial charge is 0.395 e. The van der Waals surface area contributed by atoms with Gasteiger partial charge in [-0.05, 0) is 19.4 Å². The van der Waals surface area contributed by atoms with E-state index in [1.165, 1.54) is 6.42 Å². The molecule has 4 nitrogen and oxygen atoms in total. The van der Waals surface area contributed by atoms with E-state index in [0.29, 0.717) is 25.6 Å². The first-order valence-electron chi connectivity index (χ1n) is 5.51. The second-order valence-corrected chi connectivity index (χ2v) is 3.85. The molecule has 1 saturated heterocycles. The predicted octanol–water partition coefficient (Wildman–Crippen LogP) is 0.135. The average Bonchev–Trinajstić information content (AvgIpc) is 2.70. The molecule has 0 spiro atoms. The molecule has 1 unspecified atom stereocenters. The number of carbonyl (C=O) groups excluding carboxylic acids is 1. The van der Waals surface area contributed by atoms with E-state index < -0.39 is 0 Å². The molecule has 86 valence electrons. The van der Waals surface area contributed by atoms with Crippen LogP contribution in [-0.2, 0) is 4.79 Å². The first kappa shape index (κ1) is 12.2. The van der Waals surface area contributed by atoms with Crippen molar-refractivity contribution in [2.45, 2.75) is 25.3 Å². The number of nitrogens with zero attached hydrogens (tertiary/aromatic N) is 1. The van der Waals surface area contributed by atoms with Gasteiger partial charge < -0.3 is 15.3 Å². The van der Waals surface area contributed by atoms with Crippen molar-refractivity contribution >= 4 is 5.91 Å². The van der Waals surface area contributed by atoms with Crippen LogP contribution >= 0.6 is 0 Å². The first-order chi connectivity index (χ1) is 7.27. The van der Waals surface area contributed by atoms with Gasteiger partial charge in [-0.25, -0.2) is 0 Å². The molecule has 0 bridgehead atoms. The summed E-state index contributed by atoms with van der Waals surface area (Å²) in [6, 6.07) is 0.394. The van der Waals surface area contributed by atoms with Gasteiger partial charge in [0.2, 0.25) is 5.91 Å². The van der Waals surface area contributed by atoms with Gasteiger partial charge in [0.15, 0.2) is 0 Å². The van der Waals surface area contributed by atoms with Crippen molar-refractivity contribution in [1.82, 2.24) is 10.2 Å². The minimum Gasteiger partial charge on any atom is -0.395 e. The summed E-state index contributed by atoms with van der Waals surface area (Å²) in [5.41, 5.74) is 0. The van der Waals surface area contributed by atoms with E-state index in [1.54, 1.807) is 11.0 Å². The van der Waals surface area contributed by atoms with Crippen LogP contribution in [-0.4, -0.2) is 48.2 Å². The summed E-state index contributed by atoms with van der Waals surface area (Å²) < 4.78 is 0. The number of hydrogen-bond acceptors (Lipinski definition) is 3. The van der Waals surface area contributed by atoms with Gasteiger partial charge in [0.1, 0.15) is 0 Å². The fourth-order valence-electron chi connectivity index (χ4n) is 1.87. The Morgan fingerprint density at radius 3 is 3.00 bits per heavy atom. The quantitative estimate of drug-likeness (QED) is 0.616. The maximum absolute atomic E-state index is 11.6. The highest BCUT2D eigenvalue weighted by atomic mass is 16.3. The van der Waals surface area contributed by atoms with E-state index in [0.717, 1.165) is 13.0 Å². The second-order valence-electron chi connectivity index (χ2n) is 3.85. The molecule has 0 radical (unpaired) electrons. The van der Waals surface area contributed by atoms with Gasteiger partial charge in [-0.1, -0.05) is 6.08 Å². The summed E-state index contributed by atoms with van der Waals surface area (Å²) in [7, 11) is 0. The van der Waals surface area contributed by atoms with E-state index in [2.05, 4.69) is 11.9 Å². The predicted molar refractivity (Wildman–Crippen MR) is 59.5 cm³/mol. The lowest BCUT2D eigenvalue weighted by Gasteiger charge is -2.24. The maximum Gasteiger partial charge on any atom is 0.226 e. The topological polar surface area (TPSA) is 52.6 Å². The van der Waals surface area contributed by atoms with Gasteiger partial charge in [-0.3, -0.25) is 4.79 Å². The van der Waals surface area contributed by atoms with E-state index in [4.69, 9.17) is 5.11 Å². The summed E-state index contributed by atoms with van der Waals surface area (Å²) in [5, 5.41) is 12.2. The molecular formula is C11H20N2O2. The zero-order valence-corrected chi connectivity index (χ0v) is 9.11. The number of amides is 1. The number of nitrogens with one attached hydrogen (secondary N) is 1. The molecule has 1 aliphatic heterocycles. The number of rotatable bonds is 6. The van der Waals surface area contributed by atoms with Crippen molar-refractivity contribution in [2.24, 2.45) is 0 Å². The van der Waals surface area contributed by atoms with E-state index in [-0.39, 0.29) is 12.5 Å². The number of carbonyl (C=O) groups is 1. The van der Waals surface area contributed by atoms with Crippen LogP contribution in [0.2, 0.25) is 0 Å². The Hall–Kier alpha value is -0.870. The smallest absolute Gasteiger partial charge is 0.226 e. The molecule has 0 aromatic heterocycles. The SMILES string of the molecule is C=CCC(=O)N(CCO)CC1CCCN1. The highest BCUT2D eigenvalue weighted by Gasteiger charge is 2.20. The number of aliphatic hydroxyl groups excluding tert-OH is 1. The summed E-state index contributed by atoms with van der Waals surface area (Å²) in [5.74, 6) is 0.0488. The molecule has 0 aliphatic carbocycles. The van der Waals surface area contributed by atoms with Crippen molar-refractivity contribution in [2.75, 3.05) is 26.2 Å². The number of hydrogen-bond donors (Lipinski definition) is 2. The van der Waals surface area contributed by atoms with Crippen LogP contribution in [0.4, 0.5) is 0 Å². The lowest BCUT2D eigenvalue weighted by atomic mass is 10.2. The maximum atomic E-state index is 11.6. The Morgan fingerprint density at radius 2 is 2.47 bits per heavy atom. The van der Waals surface area contributed by atoms with Crippen LogP contribution in [0.5, 0.6) is 0 Å². The van der Waals surface area contributed by atoms with Gasteiger partial charge in [-0.2, -0.15) is 0 Å². The van der Waals surface area contributed by atoms with Crippen molar-refractivity contribution in [3.8, 4) is 0 Å². The van der Waals surface area contributed by atoms with Crippen molar-refractivity contribution in [1.29, 1.82) is 0 Å². The molecule has 1 amide bonds. The number of aliphatic hydroxyl groups is 1. The molecule has 1 rings (SSSR count). The molecule has 0 aromatic rings. The third-order valence-corrected chi connectivity index (χ3v) is 2.64. The van der Waals surface area contributed by atoms with Crippen molar-refractivity contribution in [3.63, 3.8) is 0 Å². The van der Waals surface area contributed by atoms with Crippen LogP contribution in [0.15, 0.2) is 12.7 Å². The summed E-state index contributed by atoms with van der Waals surface area (Å²) in [6.07, 6.45) is 4.25. The van der Waals surface area contributed by atoms with Crippen LogP contribution in [0.3, 0.4) is 0 Å². The monoisotopic (exact) mass is 212 g/mol. The Labute approximate surface area is 91.0 Å². The Bertz CT molecular complexity index is 213. The third-order valence-electron chi connectivity index (χ3n) is 2.64. The molecule has 2 N–H and O–H groups in total. The van der Waals surface area contributed by atoms with Gasteiger partial charge in [0.25, 0.3) is 0 Å². The normalized spacial score (nSPS) is 20.2. The van der Waals surface area contributed by atoms with Crippen LogP contribution in [0.25, 0.3) is 0 Å².